The fourth-order valence-corrected chi connectivity index (χ4v) is 2.55. The Morgan fingerprint density at radius 2 is 2.07 bits per heavy atom. The Balaban J connectivity index is 4.04. The first-order chi connectivity index (χ1) is 6.33. The molecule has 2 N–H and O–H groups in total. The van der Waals surface area contributed by atoms with Crippen LogP contribution >= 0.6 is 11.6 Å². The number of hydrogen-bond donors (Lipinski definition) is 2. The summed E-state index contributed by atoms with van der Waals surface area (Å²) in [4.78, 5) is 0. The Labute approximate surface area is 90.7 Å². The zero-order valence-electron chi connectivity index (χ0n) is 8.59. The summed E-state index contributed by atoms with van der Waals surface area (Å²) in [6.45, 7) is 3.58. The van der Waals surface area contributed by atoms with Crippen LogP contribution in [0.5, 0.6) is 0 Å². The summed E-state index contributed by atoms with van der Waals surface area (Å²) in [6.07, 6.45) is 1.38. The van der Waals surface area contributed by atoms with E-state index >= 15 is 0 Å². The zero-order valence-corrected chi connectivity index (χ0v) is 10.2. The lowest BCUT2D eigenvalue weighted by Gasteiger charge is -2.22. The fraction of sp³-hybridized carbons (Fsp3) is 1.00. The molecule has 0 aromatic rings. The molecule has 0 fully saturated rings. The molecule has 0 amide bonds. The largest absolute Gasteiger partial charge is 0.389 e. The molecule has 0 saturated heterocycles. The Kier molecular flexibility index (Phi) is 5.97. The minimum Gasteiger partial charge on any atom is -0.389 e. The van der Waals surface area contributed by atoms with Crippen LogP contribution in [0.15, 0.2) is 0 Å². The molecule has 86 valence electrons. The van der Waals surface area contributed by atoms with Crippen molar-refractivity contribution >= 4 is 21.6 Å². The molecule has 0 spiro atoms. The van der Waals surface area contributed by atoms with Crippen molar-refractivity contribution in [2.45, 2.75) is 32.3 Å². The molecule has 0 aliphatic rings. The number of halogens is 1. The topological polar surface area (TPSA) is 66.4 Å². The number of nitrogens with one attached hydrogen (secondary N) is 1. The van der Waals surface area contributed by atoms with E-state index in [0.29, 0.717) is 6.42 Å². The average molecular weight is 244 g/mol. The smallest absolute Gasteiger partial charge is 0.212 e. The van der Waals surface area contributed by atoms with Crippen molar-refractivity contribution in [2.75, 3.05) is 18.2 Å². The highest BCUT2D eigenvalue weighted by molar-refractivity contribution is 7.89. The molecule has 0 rings (SSSR count). The maximum atomic E-state index is 11.2. The highest BCUT2D eigenvalue weighted by Gasteiger charge is 2.21. The van der Waals surface area contributed by atoms with E-state index in [-0.39, 0.29) is 18.2 Å². The third-order valence-electron chi connectivity index (χ3n) is 1.81. The van der Waals surface area contributed by atoms with E-state index in [1.54, 1.807) is 6.92 Å². The van der Waals surface area contributed by atoms with Gasteiger partial charge in [-0.3, -0.25) is 0 Å². The van der Waals surface area contributed by atoms with Gasteiger partial charge >= 0.3 is 0 Å². The molecule has 1 unspecified atom stereocenters. The molecular weight excluding hydrogens is 226 g/mol. The summed E-state index contributed by atoms with van der Waals surface area (Å²) in [6, 6.07) is 0. The van der Waals surface area contributed by atoms with E-state index in [0.717, 1.165) is 6.42 Å². The van der Waals surface area contributed by atoms with Gasteiger partial charge in [0, 0.05) is 12.4 Å². The van der Waals surface area contributed by atoms with Crippen molar-refractivity contribution < 1.29 is 13.5 Å². The number of hydrogen-bond acceptors (Lipinski definition) is 3. The van der Waals surface area contributed by atoms with Gasteiger partial charge in [-0.05, 0) is 13.3 Å². The van der Waals surface area contributed by atoms with Crippen LogP contribution in [0.2, 0.25) is 0 Å². The molecule has 0 heterocycles. The molecular formula is C8H18ClNO3S. The summed E-state index contributed by atoms with van der Waals surface area (Å²) in [5.74, 6) is -0.0536. The van der Waals surface area contributed by atoms with Crippen molar-refractivity contribution in [2.24, 2.45) is 0 Å². The predicted octanol–water partition coefficient (Wildman–Crippen LogP) is 0.696. The first-order valence-corrected chi connectivity index (χ1v) is 6.77. The summed E-state index contributed by atoms with van der Waals surface area (Å²) in [5.41, 5.74) is -0.978. The maximum Gasteiger partial charge on any atom is 0.212 e. The Hall–Kier alpha value is 0.160. The van der Waals surface area contributed by atoms with Crippen LogP contribution in [-0.2, 0) is 10.0 Å². The Morgan fingerprint density at radius 1 is 1.50 bits per heavy atom. The quantitative estimate of drug-likeness (QED) is 0.647. The molecule has 0 radical (unpaired) electrons. The van der Waals surface area contributed by atoms with Crippen molar-refractivity contribution in [1.29, 1.82) is 0 Å². The van der Waals surface area contributed by atoms with Crippen LogP contribution in [0.25, 0.3) is 0 Å². The van der Waals surface area contributed by atoms with Crippen LogP contribution in [0, 0.1) is 0 Å². The highest BCUT2D eigenvalue weighted by Crippen LogP contribution is 2.10. The molecule has 0 aliphatic heterocycles. The summed E-state index contributed by atoms with van der Waals surface area (Å²) < 4.78 is 24.7. The van der Waals surface area contributed by atoms with Gasteiger partial charge in [-0.2, -0.15) is 0 Å². The molecule has 6 heteroatoms. The molecule has 1 atom stereocenters. The van der Waals surface area contributed by atoms with E-state index in [2.05, 4.69) is 4.72 Å². The van der Waals surface area contributed by atoms with Crippen LogP contribution < -0.4 is 4.72 Å². The molecule has 0 aromatic carbocycles. The van der Waals surface area contributed by atoms with Gasteiger partial charge in [0.25, 0.3) is 0 Å². The highest BCUT2D eigenvalue weighted by atomic mass is 35.5. The molecule has 0 bridgehead atoms. The monoisotopic (exact) mass is 243 g/mol. The lowest BCUT2D eigenvalue weighted by atomic mass is 10.0. The number of alkyl halides is 1. The average Bonchev–Trinajstić information content (AvgIpc) is 2.01. The van der Waals surface area contributed by atoms with Gasteiger partial charge in [0.1, 0.15) is 0 Å². The third kappa shape index (κ3) is 6.59. The molecule has 0 saturated carbocycles. The minimum absolute atomic E-state index is 0.0417. The summed E-state index contributed by atoms with van der Waals surface area (Å²) in [7, 11) is -3.33. The van der Waals surface area contributed by atoms with Crippen LogP contribution in [0.4, 0.5) is 0 Å². The zero-order chi connectivity index (χ0) is 11.2. The van der Waals surface area contributed by atoms with Gasteiger partial charge < -0.3 is 5.11 Å². The van der Waals surface area contributed by atoms with Crippen LogP contribution in [-0.4, -0.2) is 37.3 Å². The lowest BCUT2D eigenvalue weighted by Crippen LogP contribution is -2.41. The van der Waals surface area contributed by atoms with Gasteiger partial charge in [-0.15, -0.1) is 11.6 Å². The second-order valence-corrected chi connectivity index (χ2v) is 5.88. The minimum atomic E-state index is -3.33. The standard InChI is InChI=1S/C8H18ClNO3S/c1-3-4-8(2,11)7-10-14(12,13)6-5-9/h10-11H,3-7H2,1-2H3. The molecule has 0 aliphatic carbocycles. The van der Waals surface area contributed by atoms with Crippen molar-refractivity contribution in [3.63, 3.8) is 0 Å². The first-order valence-electron chi connectivity index (χ1n) is 4.58. The third-order valence-corrected chi connectivity index (χ3v) is 3.55. The van der Waals surface area contributed by atoms with Gasteiger partial charge in [-0.1, -0.05) is 13.3 Å². The molecule has 14 heavy (non-hydrogen) atoms. The first kappa shape index (κ1) is 14.2. The normalized spacial score (nSPS) is 16.6. The van der Waals surface area contributed by atoms with E-state index < -0.39 is 15.6 Å². The lowest BCUT2D eigenvalue weighted by molar-refractivity contribution is 0.0554. The van der Waals surface area contributed by atoms with Crippen molar-refractivity contribution in [3.8, 4) is 0 Å². The van der Waals surface area contributed by atoms with Crippen LogP contribution in [0.1, 0.15) is 26.7 Å². The van der Waals surface area contributed by atoms with Crippen molar-refractivity contribution in [1.82, 2.24) is 4.72 Å². The second kappa shape index (κ2) is 5.90. The SMILES string of the molecule is CCCC(C)(O)CNS(=O)(=O)CCCl. The Bertz CT molecular complexity index is 251. The van der Waals surface area contributed by atoms with E-state index in [9.17, 15) is 13.5 Å². The Morgan fingerprint density at radius 3 is 2.50 bits per heavy atom. The molecule has 0 aromatic heterocycles. The number of aliphatic hydroxyl groups is 1. The van der Waals surface area contributed by atoms with E-state index in [4.69, 9.17) is 11.6 Å². The van der Waals surface area contributed by atoms with Crippen molar-refractivity contribution in [3.05, 3.63) is 0 Å². The van der Waals surface area contributed by atoms with Crippen LogP contribution in [0.3, 0.4) is 0 Å². The predicted molar refractivity (Wildman–Crippen MR) is 58.0 cm³/mol. The maximum absolute atomic E-state index is 11.2. The number of rotatable bonds is 7. The summed E-state index contributed by atoms with van der Waals surface area (Å²) in [5, 5.41) is 9.69. The second-order valence-electron chi connectivity index (χ2n) is 3.58. The van der Waals surface area contributed by atoms with Gasteiger partial charge in [0.15, 0.2) is 0 Å². The number of sulfonamides is 1. The van der Waals surface area contributed by atoms with E-state index in [1.165, 1.54) is 0 Å². The van der Waals surface area contributed by atoms with Gasteiger partial charge in [0.2, 0.25) is 10.0 Å². The van der Waals surface area contributed by atoms with Gasteiger partial charge in [0.05, 0.1) is 11.4 Å². The summed E-state index contributed by atoms with van der Waals surface area (Å²) >= 11 is 5.32. The van der Waals surface area contributed by atoms with Gasteiger partial charge in [-0.25, -0.2) is 13.1 Å². The molecule has 4 nitrogen and oxygen atoms in total. The fourth-order valence-electron chi connectivity index (χ4n) is 1.07. The van der Waals surface area contributed by atoms with E-state index in [1.807, 2.05) is 6.92 Å².